The van der Waals surface area contributed by atoms with Gasteiger partial charge in [-0.2, -0.15) is 0 Å². The lowest BCUT2D eigenvalue weighted by molar-refractivity contribution is 0.0646. The fourth-order valence-electron chi connectivity index (χ4n) is 2.42. The predicted molar refractivity (Wildman–Crippen MR) is 86.8 cm³/mol. The van der Waals surface area contributed by atoms with E-state index in [1.54, 1.807) is 21.1 Å². The lowest BCUT2D eigenvalue weighted by atomic mass is 9.96. The van der Waals surface area contributed by atoms with Crippen LogP contribution in [-0.2, 0) is 6.42 Å². The summed E-state index contributed by atoms with van der Waals surface area (Å²) in [5.41, 5.74) is 0.101. The van der Waals surface area contributed by atoms with Crippen molar-refractivity contribution in [2.45, 2.75) is 25.4 Å². The summed E-state index contributed by atoms with van der Waals surface area (Å²) >= 11 is 0. The van der Waals surface area contributed by atoms with Crippen LogP contribution in [0.4, 0.5) is 0 Å². The fourth-order valence-corrected chi connectivity index (χ4v) is 2.42. The van der Waals surface area contributed by atoms with E-state index in [1.165, 1.54) is 0 Å². The van der Waals surface area contributed by atoms with Crippen molar-refractivity contribution < 1.29 is 14.6 Å². The van der Waals surface area contributed by atoms with Gasteiger partial charge < -0.3 is 25.2 Å². The number of ether oxygens (including phenoxy) is 2. The minimum atomic E-state index is -0.888. The van der Waals surface area contributed by atoms with Crippen LogP contribution in [0.25, 0.3) is 0 Å². The third kappa shape index (κ3) is 4.53. The van der Waals surface area contributed by atoms with Crippen molar-refractivity contribution in [1.82, 2.24) is 10.6 Å². The Labute approximate surface area is 131 Å². The molecule has 0 amide bonds. The molecule has 1 aliphatic rings. The van der Waals surface area contributed by atoms with Crippen LogP contribution in [0.2, 0.25) is 0 Å². The molecule has 1 unspecified atom stereocenters. The van der Waals surface area contributed by atoms with Gasteiger partial charge in [-0.25, -0.2) is 0 Å². The zero-order chi connectivity index (χ0) is 16.0. The van der Waals surface area contributed by atoms with Gasteiger partial charge >= 0.3 is 0 Å². The van der Waals surface area contributed by atoms with Gasteiger partial charge in [0.1, 0.15) is 0 Å². The van der Waals surface area contributed by atoms with Crippen LogP contribution >= 0.6 is 0 Å². The first-order chi connectivity index (χ1) is 10.5. The van der Waals surface area contributed by atoms with Crippen molar-refractivity contribution in [1.29, 1.82) is 0 Å². The van der Waals surface area contributed by atoms with Crippen LogP contribution in [0, 0.1) is 0 Å². The van der Waals surface area contributed by atoms with Gasteiger partial charge in [-0.05, 0) is 31.0 Å². The molecule has 0 aromatic heterocycles. The topological polar surface area (TPSA) is 75.1 Å². The maximum Gasteiger partial charge on any atom is 0.191 e. The molecule has 6 heteroatoms. The summed E-state index contributed by atoms with van der Waals surface area (Å²) in [7, 11) is 3.21. The Balaban J connectivity index is 1.97. The molecule has 1 aliphatic heterocycles. The zero-order valence-electron chi connectivity index (χ0n) is 13.5. The normalized spacial score (nSPS) is 17.0. The number of aliphatic hydroxyl groups is 1. The largest absolute Gasteiger partial charge is 0.493 e. The molecule has 3 N–H and O–H groups in total. The Morgan fingerprint density at radius 2 is 2.09 bits per heavy atom. The quantitative estimate of drug-likeness (QED) is 0.729. The number of benzene rings is 1. The maximum atomic E-state index is 10.6. The van der Waals surface area contributed by atoms with Gasteiger partial charge in [-0.3, -0.25) is 4.99 Å². The Kier molecular flexibility index (Phi) is 5.49. The molecule has 1 aromatic carbocycles. The van der Waals surface area contributed by atoms with E-state index in [2.05, 4.69) is 15.6 Å². The third-order valence-electron chi connectivity index (χ3n) is 3.57. The first-order valence-electron chi connectivity index (χ1n) is 7.49. The Morgan fingerprint density at radius 3 is 2.73 bits per heavy atom. The van der Waals surface area contributed by atoms with Gasteiger partial charge in [-0.15, -0.1) is 0 Å². The van der Waals surface area contributed by atoms with Gasteiger partial charge in [0, 0.05) is 26.1 Å². The number of nitrogens with zero attached hydrogens (tertiary/aromatic N) is 1. The summed E-state index contributed by atoms with van der Waals surface area (Å²) in [5, 5.41) is 16.9. The van der Waals surface area contributed by atoms with Crippen molar-refractivity contribution in [2.24, 2.45) is 4.99 Å². The highest BCUT2D eigenvalue weighted by Gasteiger charge is 2.22. The van der Waals surface area contributed by atoms with Crippen LogP contribution in [0.15, 0.2) is 23.2 Å². The summed E-state index contributed by atoms with van der Waals surface area (Å²) in [6.07, 6.45) is 1.56. The zero-order valence-corrected chi connectivity index (χ0v) is 13.5. The number of methoxy groups -OCH3 is 2. The molecule has 1 atom stereocenters. The summed E-state index contributed by atoms with van der Waals surface area (Å²) < 4.78 is 10.5. The van der Waals surface area contributed by atoms with E-state index >= 15 is 0 Å². The highest BCUT2D eigenvalue weighted by Crippen LogP contribution is 2.28. The molecule has 0 aliphatic carbocycles. The highest BCUT2D eigenvalue weighted by molar-refractivity contribution is 5.80. The maximum absolute atomic E-state index is 10.6. The van der Waals surface area contributed by atoms with E-state index in [0.717, 1.165) is 31.0 Å². The van der Waals surface area contributed by atoms with Gasteiger partial charge in [-0.1, -0.05) is 6.07 Å². The molecule has 0 saturated heterocycles. The molecule has 0 saturated carbocycles. The molecule has 122 valence electrons. The first kappa shape index (κ1) is 16.4. The van der Waals surface area contributed by atoms with Crippen LogP contribution in [-0.4, -0.2) is 50.5 Å². The average molecular weight is 307 g/mol. The van der Waals surface area contributed by atoms with Crippen molar-refractivity contribution in [2.75, 3.05) is 33.9 Å². The second-order valence-corrected chi connectivity index (χ2v) is 5.73. The molecule has 0 fully saturated rings. The lowest BCUT2D eigenvalue weighted by Crippen LogP contribution is -2.48. The first-order valence-corrected chi connectivity index (χ1v) is 7.49. The fraction of sp³-hybridized carbons (Fsp3) is 0.562. The molecular weight excluding hydrogens is 282 g/mol. The molecule has 1 heterocycles. The van der Waals surface area contributed by atoms with Crippen molar-refractivity contribution in [3.8, 4) is 11.5 Å². The minimum Gasteiger partial charge on any atom is -0.493 e. The predicted octanol–water partition coefficient (Wildman–Crippen LogP) is 0.936. The molecule has 0 bridgehead atoms. The molecule has 1 aromatic rings. The SMILES string of the molecule is COc1ccc(CC(C)(O)CNC2=NCCCN2)cc1OC. The lowest BCUT2D eigenvalue weighted by Gasteiger charge is -2.26. The smallest absolute Gasteiger partial charge is 0.191 e. The number of hydrogen-bond acceptors (Lipinski definition) is 6. The molecule has 0 radical (unpaired) electrons. The summed E-state index contributed by atoms with van der Waals surface area (Å²) in [5.74, 6) is 2.12. The molecule has 6 nitrogen and oxygen atoms in total. The average Bonchev–Trinajstić information content (AvgIpc) is 2.53. The van der Waals surface area contributed by atoms with Gasteiger partial charge in [0.25, 0.3) is 0 Å². The Bertz CT molecular complexity index is 529. The second kappa shape index (κ2) is 7.35. The van der Waals surface area contributed by atoms with E-state index in [1.807, 2.05) is 18.2 Å². The Morgan fingerprint density at radius 1 is 1.32 bits per heavy atom. The van der Waals surface area contributed by atoms with Crippen molar-refractivity contribution in [3.05, 3.63) is 23.8 Å². The molecular formula is C16H25N3O3. The van der Waals surface area contributed by atoms with Gasteiger partial charge in [0.05, 0.1) is 19.8 Å². The summed E-state index contributed by atoms with van der Waals surface area (Å²) in [6, 6.07) is 5.68. The highest BCUT2D eigenvalue weighted by atomic mass is 16.5. The molecule has 22 heavy (non-hydrogen) atoms. The standard InChI is InChI=1S/C16H25N3O3/c1-16(20,11-19-15-17-7-4-8-18-15)10-12-5-6-13(21-2)14(9-12)22-3/h5-6,9,20H,4,7-8,10-11H2,1-3H3,(H2,17,18,19). The minimum absolute atomic E-state index is 0.424. The molecule has 2 rings (SSSR count). The van der Waals surface area contributed by atoms with Gasteiger partial charge in [0.2, 0.25) is 0 Å². The van der Waals surface area contributed by atoms with Crippen molar-refractivity contribution >= 4 is 5.96 Å². The van der Waals surface area contributed by atoms with Crippen LogP contribution < -0.4 is 20.1 Å². The number of aliphatic imine (C=N–C) groups is 1. The Hall–Kier alpha value is -1.95. The van der Waals surface area contributed by atoms with Crippen LogP contribution in [0.3, 0.4) is 0 Å². The third-order valence-corrected chi connectivity index (χ3v) is 3.57. The van der Waals surface area contributed by atoms with E-state index in [4.69, 9.17) is 9.47 Å². The van der Waals surface area contributed by atoms with Crippen LogP contribution in [0.5, 0.6) is 11.5 Å². The summed E-state index contributed by atoms with van der Waals surface area (Å²) in [4.78, 5) is 4.34. The monoisotopic (exact) mass is 307 g/mol. The number of nitrogens with one attached hydrogen (secondary N) is 2. The van der Waals surface area contributed by atoms with E-state index in [9.17, 15) is 5.11 Å². The summed E-state index contributed by atoms with van der Waals surface area (Å²) in [6.45, 7) is 3.98. The van der Waals surface area contributed by atoms with Crippen LogP contribution in [0.1, 0.15) is 18.9 Å². The van der Waals surface area contributed by atoms with E-state index < -0.39 is 5.60 Å². The second-order valence-electron chi connectivity index (χ2n) is 5.73. The number of hydrogen-bond donors (Lipinski definition) is 3. The number of guanidine groups is 1. The number of rotatable bonds is 6. The van der Waals surface area contributed by atoms with Gasteiger partial charge in [0.15, 0.2) is 17.5 Å². The van der Waals surface area contributed by atoms with E-state index in [0.29, 0.717) is 24.5 Å². The van der Waals surface area contributed by atoms with Crippen molar-refractivity contribution in [3.63, 3.8) is 0 Å². The van der Waals surface area contributed by atoms with E-state index in [-0.39, 0.29) is 0 Å². The molecule has 0 spiro atoms.